The van der Waals surface area contributed by atoms with Gasteiger partial charge in [-0.1, -0.05) is 34.1 Å². The second-order valence-electron chi connectivity index (χ2n) is 4.74. The molecule has 1 aromatic rings. The zero-order chi connectivity index (χ0) is 16.5. The van der Waals surface area contributed by atoms with Gasteiger partial charge in [0, 0.05) is 13.1 Å². The van der Waals surface area contributed by atoms with E-state index in [1.165, 1.54) is 6.07 Å². The van der Waals surface area contributed by atoms with Crippen LogP contribution in [0.25, 0.3) is 0 Å². The summed E-state index contributed by atoms with van der Waals surface area (Å²) in [4.78, 5) is 24.8. The van der Waals surface area contributed by atoms with E-state index in [2.05, 4.69) is 15.9 Å². The maximum atomic E-state index is 13.6. The van der Waals surface area contributed by atoms with Crippen molar-refractivity contribution in [1.82, 2.24) is 4.90 Å². The first-order chi connectivity index (χ1) is 10.5. The summed E-state index contributed by atoms with van der Waals surface area (Å²) in [5, 5.41) is 0. The van der Waals surface area contributed by atoms with Crippen LogP contribution in [-0.4, -0.2) is 41.3 Å². The summed E-state index contributed by atoms with van der Waals surface area (Å²) < 4.78 is 18.5. The third-order valence-corrected chi connectivity index (χ3v) is 3.92. The Morgan fingerprint density at radius 1 is 1.32 bits per heavy atom. The van der Waals surface area contributed by atoms with Gasteiger partial charge in [-0.2, -0.15) is 0 Å². The van der Waals surface area contributed by atoms with E-state index in [-0.39, 0.29) is 30.5 Å². The number of carbonyl (C=O) groups excluding carboxylic acids is 2. The van der Waals surface area contributed by atoms with Crippen LogP contribution in [0.15, 0.2) is 24.3 Å². The molecule has 0 spiro atoms. The Labute approximate surface area is 138 Å². The summed E-state index contributed by atoms with van der Waals surface area (Å²) in [6.07, 6.45) is 0.425. The molecule has 1 rings (SSSR count). The summed E-state index contributed by atoms with van der Waals surface area (Å²) in [5.41, 5.74) is 0.485. The first-order valence-electron chi connectivity index (χ1n) is 7.31. The molecule has 0 heterocycles. The summed E-state index contributed by atoms with van der Waals surface area (Å²) in [5.74, 6) is -0.807. The van der Waals surface area contributed by atoms with Crippen molar-refractivity contribution in [2.75, 3.05) is 19.7 Å². The highest BCUT2D eigenvalue weighted by Gasteiger charge is 2.22. The second-order valence-corrected chi connectivity index (χ2v) is 5.84. The molecular weight excluding hydrogens is 353 g/mol. The van der Waals surface area contributed by atoms with E-state index in [4.69, 9.17) is 4.74 Å². The predicted octanol–water partition coefficient (Wildman–Crippen LogP) is 2.93. The van der Waals surface area contributed by atoms with Crippen molar-refractivity contribution in [1.29, 1.82) is 0 Å². The number of rotatable bonds is 8. The number of nitrogens with zero attached hydrogens (tertiary/aromatic N) is 1. The Bertz CT molecular complexity index is 510. The molecule has 0 aliphatic heterocycles. The van der Waals surface area contributed by atoms with Crippen LogP contribution >= 0.6 is 15.9 Å². The average Bonchev–Trinajstić information content (AvgIpc) is 2.50. The molecule has 1 unspecified atom stereocenters. The third-order valence-electron chi connectivity index (χ3n) is 3.21. The van der Waals surface area contributed by atoms with Crippen LogP contribution in [0.4, 0.5) is 4.39 Å². The number of alkyl halides is 1. The fraction of sp³-hybridized carbons (Fsp3) is 0.500. The average molecular weight is 374 g/mol. The first-order valence-corrected chi connectivity index (χ1v) is 8.23. The van der Waals surface area contributed by atoms with Crippen LogP contribution in [0.1, 0.15) is 25.8 Å². The molecule has 1 aromatic carbocycles. The van der Waals surface area contributed by atoms with Gasteiger partial charge in [0.15, 0.2) is 0 Å². The molecule has 0 aliphatic carbocycles. The van der Waals surface area contributed by atoms with Gasteiger partial charge in [0.1, 0.15) is 5.82 Å². The molecule has 1 atom stereocenters. The van der Waals surface area contributed by atoms with Crippen molar-refractivity contribution in [3.63, 3.8) is 0 Å². The van der Waals surface area contributed by atoms with Crippen molar-refractivity contribution in [2.45, 2.75) is 31.5 Å². The number of esters is 1. The quantitative estimate of drug-likeness (QED) is 0.519. The van der Waals surface area contributed by atoms with Crippen LogP contribution in [-0.2, 0) is 20.7 Å². The van der Waals surface area contributed by atoms with Gasteiger partial charge < -0.3 is 9.64 Å². The minimum absolute atomic E-state index is 0.157. The molecule has 0 N–H and O–H groups in total. The molecule has 1 amide bonds. The van der Waals surface area contributed by atoms with E-state index in [9.17, 15) is 14.0 Å². The molecule has 0 saturated heterocycles. The van der Waals surface area contributed by atoms with Crippen molar-refractivity contribution in [2.24, 2.45) is 0 Å². The molecule has 0 radical (unpaired) electrons. The molecule has 0 fully saturated rings. The van der Waals surface area contributed by atoms with Gasteiger partial charge in [-0.25, -0.2) is 4.39 Å². The van der Waals surface area contributed by atoms with Gasteiger partial charge >= 0.3 is 5.97 Å². The monoisotopic (exact) mass is 373 g/mol. The van der Waals surface area contributed by atoms with Gasteiger partial charge in [-0.3, -0.25) is 9.59 Å². The zero-order valence-electron chi connectivity index (χ0n) is 12.9. The number of amides is 1. The van der Waals surface area contributed by atoms with Crippen LogP contribution in [0.3, 0.4) is 0 Å². The van der Waals surface area contributed by atoms with E-state index >= 15 is 0 Å². The van der Waals surface area contributed by atoms with E-state index < -0.39 is 4.83 Å². The predicted molar refractivity (Wildman–Crippen MR) is 86.3 cm³/mol. The Kier molecular flexibility index (Phi) is 8.09. The first kappa shape index (κ1) is 18.6. The standard InChI is InChI=1S/C16H21BrFNO3/c1-3-19(10-9-15(20)22-4-2)16(21)13(17)11-12-7-5-6-8-14(12)18/h5-8,13H,3-4,9-11H2,1-2H3. The molecular formula is C16H21BrFNO3. The zero-order valence-corrected chi connectivity index (χ0v) is 14.4. The highest BCUT2D eigenvalue weighted by atomic mass is 79.9. The van der Waals surface area contributed by atoms with Crippen LogP contribution < -0.4 is 0 Å². The molecule has 122 valence electrons. The normalized spacial score (nSPS) is 11.8. The smallest absolute Gasteiger partial charge is 0.307 e. The van der Waals surface area contributed by atoms with Crippen molar-refractivity contribution >= 4 is 27.8 Å². The minimum Gasteiger partial charge on any atom is -0.466 e. The summed E-state index contributed by atoms with van der Waals surface area (Å²) in [7, 11) is 0. The topological polar surface area (TPSA) is 46.6 Å². The van der Waals surface area contributed by atoms with Gasteiger partial charge in [0.25, 0.3) is 0 Å². The molecule has 0 bridgehead atoms. The fourth-order valence-electron chi connectivity index (χ4n) is 2.03. The van der Waals surface area contributed by atoms with Gasteiger partial charge in [0.05, 0.1) is 17.9 Å². The van der Waals surface area contributed by atoms with Gasteiger partial charge in [-0.15, -0.1) is 0 Å². The summed E-state index contributed by atoms with van der Waals surface area (Å²) in [6.45, 7) is 4.69. The summed E-state index contributed by atoms with van der Waals surface area (Å²) >= 11 is 3.32. The number of halogens is 2. The Hall–Kier alpha value is -1.43. The van der Waals surface area contributed by atoms with Crippen molar-refractivity contribution in [3.05, 3.63) is 35.6 Å². The Morgan fingerprint density at radius 3 is 2.59 bits per heavy atom. The highest BCUT2D eigenvalue weighted by molar-refractivity contribution is 9.10. The largest absolute Gasteiger partial charge is 0.466 e. The SMILES string of the molecule is CCOC(=O)CCN(CC)C(=O)C(Br)Cc1ccccc1F. The number of ether oxygens (including phenoxy) is 1. The lowest BCUT2D eigenvalue weighted by atomic mass is 10.1. The Balaban J connectivity index is 2.59. The number of carbonyl (C=O) groups is 2. The highest BCUT2D eigenvalue weighted by Crippen LogP contribution is 2.16. The molecule has 0 saturated carbocycles. The van der Waals surface area contributed by atoms with E-state index in [1.807, 2.05) is 6.92 Å². The van der Waals surface area contributed by atoms with Gasteiger partial charge in [-0.05, 0) is 31.9 Å². The maximum absolute atomic E-state index is 13.6. The van der Waals surface area contributed by atoms with Crippen molar-refractivity contribution < 1.29 is 18.7 Å². The Morgan fingerprint density at radius 2 is 2.00 bits per heavy atom. The second kappa shape index (κ2) is 9.56. The van der Waals surface area contributed by atoms with Gasteiger partial charge in [0.2, 0.25) is 5.91 Å². The third kappa shape index (κ3) is 5.75. The lowest BCUT2D eigenvalue weighted by Gasteiger charge is -2.23. The molecule has 4 nitrogen and oxygen atoms in total. The van der Waals surface area contributed by atoms with E-state index in [0.29, 0.717) is 25.3 Å². The maximum Gasteiger partial charge on any atom is 0.307 e. The van der Waals surface area contributed by atoms with Crippen LogP contribution in [0.5, 0.6) is 0 Å². The minimum atomic E-state index is -0.522. The number of hydrogen-bond acceptors (Lipinski definition) is 3. The molecule has 0 aromatic heterocycles. The number of benzene rings is 1. The van der Waals surface area contributed by atoms with Crippen molar-refractivity contribution in [3.8, 4) is 0 Å². The van der Waals surface area contributed by atoms with E-state index in [1.54, 1.807) is 30.0 Å². The lowest BCUT2D eigenvalue weighted by Crippen LogP contribution is -2.39. The molecule has 6 heteroatoms. The fourth-order valence-corrected chi connectivity index (χ4v) is 2.66. The summed E-state index contributed by atoms with van der Waals surface area (Å²) in [6, 6.07) is 6.38. The molecule has 0 aliphatic rings. The van der Waals surface area contributed by atoms with Crippen LogP contribution in [0, 0.1) is 5.82 Å². The van der Waals surface area contributed by atoms with E-state index in [0.717, 1.165) is 0 Å². The molecule has 22 heavy (non-hydrogen) atoms. The van der Waals surface area contributed by atoms with Crippen LogP contribution in [0.2, 0.25) is 0 Å². The lowest BCUT2D eigenvalue weighted by molar-refractivity contribution is -0.144. The number of hydrogen-bond donors (Lipinski definition) is 0.